The summed E-state index contributed by atoms with van der Waals surface area (Å²) < 4.78 is 0. The molecule has 0 aromatic heterocycles. The Morgan fingerprint density at radius 2 is 1.46 bits per heavy atom. The van der Waals surface area contributed by atoms with Crippen LogP contribution in [0.15, 0.2) is 108 Å². The Hall–Kier alpha value is -4.34. The first kappa shape index (κ1) is 24.4. The number of para-hydroxylation sites is 2. The minimum atomic E-state index is 0.0190. The molecular weight excluding hydrogens is 450 g/mol. The molecule has 0 amide bonds. The zero-order valence-electron chi connectivity index (χ0n) is 21.7. The number of allylic oxidation sites excluding steroid dienone is 6. The molecule has 3 heteroatoms. The van der Waals surface area contributed by atoms with Gasteiger partial charge in [0, 0.05) is 17.1 Å². The molecule has 1 atom stereocenters. The average Bonchev–Trinajstić information content (AvgIpc) is 2.90. The second-order valence-corrected chi connectivity index (χ2v) is 10.7. The normalized spacial score (nSPS) is 18.0. The van der Waals surface area contributed by atoms with E-state index in [9.17, 15) is 10.5 Å². The minimum absolute atomic E-state index is 0.0190. The van der Waals surface area contributed by atoms with Gasteiger partial charge in [-0.15, -0.1) is 0 Å². The molecule has 3 aromatic rings. The zero-order chi connectivity index (χ0) is 26.0. The fraction of sp³-hybridized carbons (Fsp3) is 0.235. The summed E-state index contributed by atoms with van der Waals surface area (Å²) in [6.45, 7) is 6.71. The van der Waals surface area contributed by atoms with E-state index in [1.165, 1.54) is 22.3 Å². The van der Waals surface area contributed by atoms with Crippen molar-refractivity contribution in [2.24, 2.45) is 11.3 Å². The van der Waals surface area contributed by atoms with Crippen LogP contribution in [0.3, 0.4) is 0 Å². The second kappa shape index (κ2) is 9.96. The molecule has 1 unspecified atom stereocenters. The van der Waals surface area contributed by atoms with Gasteiger partial charge >= 0.3 is 0 Å². The number of nitrogens with zero attached hydrogens (tertiary/aromatic N) is 3. The molecule has 2 aliphatic rings. The average molecular weight is 482 g/mol. The minimum Gasteiger partial charge on any atom is -0.310 e. The fourth-order valence-corrected chi connectivity index (χ4v) is 5.98. The highest BCUT2D eigenvalue weighted by atomic mass is 15.1. The number of hydrogen-bond donors (Lipinski definition) is 0. The highest BCUT2D eigenvalue weighted by Gasteiger charge is 2.38. The van der Waals surface area contributed by atoms with Crippen LogP contribution in [0.1, 0.15) is 44.2 Å². The van der Waals surface area contributed by atoms with Crippen LogP contribution in [0.2, 0.25) is 0 Å². The van der Waals surface area contributed by atoms with Crippen molar-refractivity contribution < 1.29 is 0 Å². The second-order valence-electron chi connectivity index (χ2n) is 10.7. The third-order valence-electron chi connectivity index (χ3n) is 7.76. The molecule has 0 aliphatic heterocycles. The molecule has 2 aliphatic carbocycles. The van der Waals surface area contributed by atoms with E-state index in [1.807, 2.05) is 12.1 Å². The number of benzene rings is 3. The highest BCUT2D eigenvalue weighted by molar-refractivity contribution is 5.80. The van der Waals surface area contributed by atoms with Crippen molar-refractivity contribution in [3.63, 3.8) is 0 Å². The molecule has 182 valence electrons. The van der Waals surface area contributed by atoms with E-state index < -0.39 is 0 Å². The van der Waals surface area contributed by atoms with Gasteiger partial charge in [-0.3, -0.25) is 0 Å². The number of hydrogen-bond acceptors (Lipinski definition) is 3. The van der Waals surface area contributed by atoms with Gasteiger partial charge in [0.2, 0.25) is 0 Å². The molecule has 0 saturated carbocycles. The van der Waals surface area contributed by atoms with Crippen LogP contribution in [-0.2, 0) is 0 Å². The van der Waals surface area contributed by atoms with E-state index >= 15 is 0 Å². The van der Waals surface area contributed by atoms with Crippen molar-refractivity contribution in [1.82, 2.24) is 0 Å². The Balaban J connectivity index is 1.55. The van der Waals surface area contributed by atoms with E-state index in [0.717, 1.165) is 41.9 Å². The van der Waals surface area contributed by atoms with Gasteiger partial charge in [-0.2, -0.15) is 10.5 Å². The van der Waals surface area contributed by atoms with Gasteiger partial charge in [0.1, 0.15) is 17.7 Å². The smallest absolute Gasteiger partial charge is 0.132 e. The molecule has 3 nitrogen and oxygen atoms in total. The highest BCUT2D eigenvalue weighted by Crippen LogP contribution is 2.50. The fourth-order valence-electron chi connectivity index (χ4n) is 5.98. The third kappa shape index (κ3) is 4.74. The molecule has 0 radical (unpaired) electrons. The summed E-state index contributed by atoms with van der Waals surface area (Å²) in [5.41, 5.74) is 9.57. The topological polar surface area (TPSA) is 50.8 Å². The SMILES string of the molecule is Cc1cc(N(c2ccccc2)c2ccccc2)ccc1C1=CC2=CC(=C(C#N)C#N)CC(C)(C)C2CC1. The van der Waals surface area contributed by atoms with Gasteiger partial charge in [-0.1, -0.05) is 68.5 Å². The number of fused-ring (bicyclic) bond motifs is 1. The summed E-state index contributed by atoms with van der Waals surface area (Å²) in [5, 5.41) is 18.9. The lowest BCUT2D eigenvalue weighted by Gasteiger charge is -2.42. The van der Waals surface area contributed by atoms with E-state index in [-0.39, 0.29) is 11.0 Å². The Kier molecular flexibility index (Phi) is 6.56. The molecule has 0 N–H and O–H groups in total. The van der Waals surface area contributed by atoms with Crippen molar-refractivity contribution >= 4 is 22.6 Å². The first-order valence-corrected chi connectivity index (χ1v) is 12.9. The van der Waals surface area contributed by atoms with Crippen LogP contribution < -0.4 is 4.90 Å². The van der Waals surface area contributed by atoms with E-state index in [1.54, 1.807) is 0 Å². The maximum absolute atomic E-state index is 9.47. The molecule has 0 spiro atoms. The molecule has 0 saturated heterocycles. The summed E-state index contributed by atoms with van der Waals surface area (Å²) in [5.74, 6) is 0.435. The number of aryl methyl sites for hydroxylation is 1. The summed E-state index contributed by atoms with van der Waals surface area (Å²) in [7, 11) is 0. The summed E-state index contributed by atoms with van der Waals surface area (Å²) in [6, 6.07) is 31.9. The lowest BCUT2D eigenvalue weighted by molar-refractivity contribution is 0.227. The van der Waals surface area contributed by atoms with E-state index in [2.05, 4.69) is 117 Å². The van der Waals surface area contributed by atoms with Gasteiger partial charge in [-0.05, 0) is 102 Å². The van der Waals surface area contributed by atoms with Crippen molar-refractivity contribution in [3.05, 3.63) is 119 Å². The molecule has 0 bridgehead atoms. The maximum atomic E-state index is 9.47. The molecular formula is C34H31N3. The lowest BCUT2D eigenvalue weighted by atomic mass is 9.62. The maximum Gasteiger partial charge on any atom is 0.132 e. The molecule has 37 heavy (non-hydrogen) atoms. The summed E-state index contributed by atoms with van der Waals surface area (Å²) in [6.07, 6.45) is 7.29. The van der Waals surface area contributed by atoms with Gasteiger partial charge in [0.25, 0.3) is 0 Å². The Morgan fingerprint density at radius 3 is 2.03 bits per heavy atom. The van der Waals surface area contributed by atoms with Crippen LogP contribution >= 0.6 is 0 Å². The zero-order valence-corrected chi connectivity index (χ0v) is 21.7. The number of anilines is 3. The predicted molar refractivity (Wildman–Crippen MR) is 151 cm³/mol. The molecule has 0 fully saturated rings. The third-order valence-corrected chi connectivity index (χ3v) is 7.76. The van der Waals surface area contributed by atoms with Crippen LogP contribution in [0.5, 0.6) is 0 Å². The predicted octanol–water partition coefficient (Wildman–Crippen LogP) is 8.96. The monoisotopic (exact) mass is 481 g/mol. The Morgan fingerprint density at radius 1 is 0.838 bits per heavy atom. The molecule has 3 aromatic carbocycles. The van der Waals surface area contributed by atoms with Crippen LogP contribution in [0.4, 0.5) is 17.1 Å². The van der Waals surface area contributed by atoms with Crippen molar-refractivity contribution in [3.8, 4) is 12.1 Å². The van der Waals surface area contributed by atoms with Crippen LogP contribution in [0.25, 0.3) is 5.57 Å². The largest absolute Gasteiger partial charge is 0.310 e. The van der Waals surface area contributed by atoms with Gasteiger partial charge in [0.05, 0.1) is 0 Å². The van der Waals surface area contributed by atoms with Crippen LogP contribution in [-0.4, -0.2) is 0 Å². The number of nitriles is 2. The van der Waals surface area contributed by atoms with Gasteiger partial charge < -0.3 is 4.90 Å². The van der Waals surface area contributed by atoms with Crippen molar-refractivity contribution in [2.45, 2.75) is 40.0 Å². The lowest BCUT2D eigenvalue weighted by Crippen LogP contribution is -2.31. The van der Waals surface area contributed by atoms with E-state index in [4.69, 9.17) is 0 Å². The first-order valence-electron chi connectivity index (χ1n) is 12.9. The standard InChI is InChI=1S/C34H31N3/c1-24-18-31(37(29-10-6-4-7-11-29)30-12-8-5-9-13-30)15-16-32(24)25-14-17-33-26(19-25)20-27(21-34(33,2)3)28(22-35)23-36/h4-13,15-16,18-20,33H,14,17,21H2,1-3H3. The van der Waals surface area contributed by atoms with E-state index in [0.29, 0.717) is 5.92 Å². The van der Waals surface area contributed by atoms with Gasteiger partial charge in [-0.25, -0.2) is 0 Å². The van der Waals surface area contributed by atoms with Crippen molar-refractivity contribution in [2.75, 3.05) is 4.90 Å². The summed E-state index contributed by atoms with van der Waals surface area (Å²) in [4.78, 5) is 2.29. The number of rotatable bonds is 4. The Labute approximate surface area is 220 Å². The van der Waals surface area contributed by atoms with Gasteiger partial charge in [0.15, 0.2) is 0 Å². The quantitative estimate of drug-likeness (QED) is 0.349. The first-order chi connectivity index (χ1) is 17.9. The summed E-state index contributed by atoms with van der Waals surface area (Å²) >= 11 is 0. The molecule has 5 rings (SSSR count). The molecule has 0 heterocycles. The Bertz CT molecular complexity index is 1440. The van der Waals surface area contributed by atoms with Crippen molar-refractivity contribution in [1.29, 1.82) is 10.5 Å². The van der Waals surface area contributed by atoms with Crippen LogP contribution in [0, 0.1) is 40.9 Å².